The van der Waals surface area contributed by atoms with Crippen LogP contribution in [0.15, 0.2) is 30.3 Å². The van der Waals surface area contributed by atoms with E-state index in [1.807, 2.05) is 25.1 Å². The third kappa shape index (κ3) is 3.07. The molecule has 0 saturated carbocycles. The second kappa shape index (κ2) is 5.70. The van der Waals surface area contributed by atoms with Crippen LogP contribution in [0.2, 0.25) is 0 Å². The Bertz CT molecular complexity index is 283. The zero-order valence-electron chi connectivity index (χ0n) is 8.23. The van der Waals surface area contributed by atoms with Gasteiger partial charge in [0.1, 0.15) is 0 Å². The van der Waals surface area contributed by atoms with Gasteiger partial charge in [-0.05, 0) is 18.6 Å². The van der Waals surface area contributed by atoms with Crippen molar-refractivity contribution in [3.63, 3.8) is 0 Å². The molecule has 0 heterocycles. The molecule has 14 heavy (non-hydrogen) atoms. The zero-order chi connectivity index (χ0) is 10.4. The molecule has 0 bridgehead atoms. The van der Waals surface area contributed by atoms with Crippen LogP contribution in [0.5, 0.6) is 0 Å². The van der Waals surface area contributed by atoms with Crippen molar-refractivity contribution in [1.29, 1.82) is 0 Å². The van der Waals surface area contributed by atoms with Crippen molar-refractivity contribution in [3.05, 3.63) is 35.9 Å². The van der Waals surface area contributed by atoms with E-state index in [-0.39, 0.29) is 11.9 Å². The normalized spacial score (nSPS) is 12.1. The molecule has 3 heteroatoms. The van der Waals surface area contributed by atoms with Crippen molar-refractivity contribution < 1.29 is 4.79 Å². The number of hydrogen-bond acceptors (Lipinski definition) is 2. The summed E-state index contributed by atoms with van der Waals surface area (Å²) in [5, 5.41) is 2.92. The zero-order valence-corrected chi connectivity index (χ0v) is 9.13. The Hall–Kier alpha value is -0.960. The van der Waals surface area contributed by atoms with Crippen LogP contribution in [-0.2, 0) is 0 Å². The molecule has 1 atom stereocenters. The Kier molecular flexibility index (Phi) is 4.53. The quantitative estimate of drug-likeness (QED) is 0.731. The number of nitrogens with one attached hydrogen (secondary N) is 1. The third-order valence-corrected chi connectivity index (χ3v) is 2.53. The summed E-state index contributed by atoms with van der Waals surface area (Å²) >= 11 is 4.17. The van der Waals surface area contributed by atoms with Gasteiger partial charge in [0, 0.05) is 17.4 Å². The highest BCUT2D eigenvalue weighted by molar-refractivity contribution is 7.80. The number of rotatable bonds is 4. The van der Waals surface area contributed by atoms with E-state index >= 15 is 0 Å². The number of carbonyl (C=O) groups is 1. The summed E-state index contributed by atoms with van der Waals surface area (Å²) in [6, 6.07) is 9.38. The first-order valence-corrected chi connectivity index (χ1v) is 5.38. The van der Waals surface area contributed by atoms with Crippen molar-refractivity contribution >= 4 is 18.5 Å². The highest BCUT2D eigenvalue weighted by atomic mass is 32.1. The van der Waals surface area contributed by atoms with Crippen molar-refractivity contribution in [3.8, 4) is 0 Å². The van der Waals surface area contributed by atoms with Gasteiger partial charge in [0.15, 0.2) is 0 Å². The van der Waals surface area contributed by atoms with Crippen LogP contribution in [0.3, 0.4) is 0 Å². The van der Waals surface area contributed by atoms with Crippen LogP contribution in [0.1, 0.15) is 23.7 Å². The molecule has 1 rings (SSSR count). The molecule has 1 N–H and O–H groups in total. The monoisotopic (exact) mass is 209 g/mol. The predicted octanol–water partition coefficient (Wildman–Crippen LogP) is 2.12. The standard InChI is InChI=1S/C11H15NOS/c1-2-10(8-14)12-11(13)9-6-4-3-5-7-9/h3-7,10,14H,2,8H2,1H3,(H,12,13). The Morgan fingerprint density at radius 1 is 1.43 bits per heavy atom. The topological polar surface area (TPSA) is 29.1 Å². The summed E-state index contributed by atoms with van der Waals surface area (Å²) in [6.07, 6.45) is 0.905. The largest absolute Gasteiger partial charge is 0.348 e. The molecule has 1 aromatic rings. The average Bonchev–Trinajstić information content (AvgIpc) is 2.26. The van der Waals surface area contributed by atoms with Gasteiger partial charge in [0.25, 0.3) is 5.91 Å². The molecule has 0 saturated heterocycles. The van der Waals surface area contributed by atoms with E-state index < -0.39 is 0 Å². The molecule has 0 aromatic heterocycles. The summed E-state index contributed by atoms with van der Waals surface area (Å²) in [4.78, 5) is 11.6. The summed E-state index contributed by atoms with van der Waals surface area (Å²) in [5.41, 5.74) is 0.702. The molecule has 0 aliphatic carbocycles. The maximum atomic E-state index is 11.6. The molecular weight excluding hydrogens is 194 g/mol. The summed E-state index contributed by atoms with van der Waals surface area (Å²) < 4.78 is 0. The fourth-order valence-corrected chi connectivity index (χ4v) is 1.48. The second-order valence-electron chi connectivity index (χ2n) is 3.13. The molecule has 1 aromatic carbocycles. The van der Waals surface area contributed by atoms with Crippen LogP contribution >= 0.6 is 12.6 Å². The van der Waals surface area contributed by atoms with E-state index in [9.17, 15) is 4.79 Å². The van der Waals surface area contributed by atoms with Crippen molar-refractivity contribution in [2.45, 2.75) is 19.4 Å². The van der Waals surface area contributed by atoms with Crippen LogP contribution in [0.4, 0.5) is 0 Å². The lowest BCUT2D eigenvalue weighted by atomic mass is 10.2. The smallest absolute Gasteiger partial charge is 0.251 e. The lowest BCUT2D eigenvalue weighted by Gasteiger charge is -2.13. The van der Waals surface area contributed by atoms with Crippen LogP contribution < -0.4 is 5.32 Å². The Labute approximate surface area is 90.1 Å². The van der Waals surface area contributed by atoms with E-state index in [1.165, 1.54) is 0 Å². The Balaban J connectivity index is 2.59. The summed E-state index contributed by atoms with van der Waals surface area (Å²) in [7, 11) is 0. The van der Waals surface area contributed by atoms with E-state index in [0.717, 1.165) is 6.42 Å². The van der Waals surface area contributed by atoms with Gasteiger partial charge in [-0.15, -0.1) is 0 Å². The maximum absolute atomic E-state index is 11.6. The lowest BCUT2D eigenvalue weighted by molar-refractivity contribution is 0.0940. The lowest BCUT2D eigenvalue weighted by Crippen LogP contribution is -2.35. The third-order valence-electron chi connectivity index (χ3n) is 2.08. The minimum absolute atomic E-state index is 0.0218. The first kappa shape index (κ1) is 11.1. The van der Waals surface area contributed by atoms with Gasteiger partial charge in [-0.25, -0.2) is 0 Å². The number of carbonyl (C=O) groups excluding carboxylic acids is 1. The molecular formula is C11H15NOS. The molecule has 1 amide bonds. The Morgan fingerprint density at radius 2 is 2.07 bits per heavy atom. The fraction of sp³-hybridized carbons (Fsp3) is 0.364. The van der Waals surface area contributed by atoms with E-state index in [1.54, 1.807) is 12.1 Å². The molecule has 0 aliphatic heterocycles. The minimum Gasteiger partial charge on any atom is -0.348 e. The van der Waals surface area contributed by atoms with Crippen LogP contribution in [-0.4, -0.2) is 17.7 Å². The minimum atomic E-state index is -0.0218. The van der Waals surface area contributed by atoms with Crippen LogP contribution in [0, 0.1) is 0 Å². The van der Waals surface area contributed by atoms with Crippen LogP contribution in [0.25, 0.3) is 0 Å². The predicted molar refractivity (Wildman–Crippen MR) is 61.8 cm³/mol. The van der Waals surface area contributed by atoms with E-state index in [0.29, 0.717) is 11.3 Å². The van der Waals surface area contributed by atoms with Crippen molar-refractivity contribution in [2.24, 2.45) is 0 Å². The second-order valence-corrected chi connectivity index (χ2v) is 3.49. The van der Waals surface area contributed by atoms with Crippen molar-refractivity contribution in [2.75, 3.05) is 5.75 Å². The molecule has 0 fully saturated rings. The van der Waals surface area contributed by atoms with E-state index in [4.69, 9.17) is 0 Å². The van der Waals surface area contributed by atoms with Crippen molar-refractivity contribution in [1.82, 2.24) is 5.32 Å². The van der Waals surface area contributed by atoms with Gasteiger partial charge in [0.05, 0.1) is 0 Å². The highest BCUT2D eigenvalue weighted by Gasteiger charge is 2.09. The highest BCUT2D eigenvalue weighted by Crippen LogP contribution is 2.00. The molecule has 0 radical (unpaired) electrons. The average molecular weight is 209 g/mol. The van der Waals surface area contributed by atoms with Gasteiger partial charge >= 0.3 is 0 Å². The molecule has 0 aliphatic rings. The van der Waals surface area contributed by atoms with Gasteiger partial charge in [0.2, 0.25) is 0 Å². The first-order valence-electron chi connectivity index (χ1n) is 4.74. The van der Waals surface area contributed by atoms with Gasteiger partial charge < -0.3 is 5.32 Å². The fourth-order valence-electron chi connectivity index (χ4n) is 1.14. The first-order chi connectivity index (χ1) is 6.77. The van der Waals surface area contributed by atoms with Gasteiger partial charge in [-0.3, -0.25) is 4.79 Å². The van der Waals surface area contributed by atoms with E-state index in [2.05, 4.69) is 17.9 Å². The molecule has 76 valence electrons. The number of amides is 1. The number of hydrogen-bond donors (Lipinski definition) is 2. The SMILES string of the molecule is CCC(CS)NC(=O)c1ccccc1. The summed E-state index contributed by atoms with van der Waals surface area (Å²) in [5.74, 6) is 0.654. The maximum Gasteiger partial charge on any atom is 0.251 e. The number of thiol groups is 1. The Morgan fingerprint density at radius 3 is 2.57 bits per heavy atom. The molecule has 0 spiro atoms. The number of benzene rings is 1. The molecule has 1 unspecified atom stereocenters. The molecule has 2 nitrogen and oxygen atoms in total. The van der Waals surface area contributed by atoms with Gasteiger partial charge in [-0.1, -0.05) is 25.1 Å². The van der Waals surface area contributed by atoms with Gasteiger partial charge in [-0.2, -0.15) is 12.6 Å². The summed E-state index contributed by atoms with van der Waals surface area (Å²) in [6.45, 7) is 2.03.